The van der Waals surface area contributed by atoms with Crippen LogP contribution in [0, 0.1) is 6.92 Å². The number of amides is 1. The Bertz CT molecular complexity index is 645. The molecule has 1 aliphatic carbocycles. The van der Waals surface area contributed by atoms with Crippen LogP contribution in [0.5, 0.6) is 0 Å². The van der Waals surface area contributed by atoms with Crippen molar-refractivity contribution in [2.45, 2.75) is 57.4 Å². The lowest BCUT2D eigenvalue weighted by atomic mass is 9.81. The fourth-order valence-electron chi connectivity index (χ4n) is 3.29. The number of aromatic nitrogens is 2. The van der Waals surface area contributed by atoms with Crippen LogP contribution in [0.4, 0.5) is 0 Å². The van der Waals surface area contributed by atoms with Gasteiger partial charge >= 0.3 is 0 Å². The first-order valence-corrected chi connectivity index (χ1v) is 8.34. The van der Waals surface area contributed by atoms with Crippen molar-refractivity contribution in [3.05, 3.63) is 47.6 Å². The van der Waals surface area contributed by atoms with E-state index in [2.05, 4.69) is 15.5 Å². The average molecular weight is 313 g/mol. The zero-order chi connectivity index (χ0) is 16.1. The smallest absolute Gasteiger partial charge is 0.223 e. The van der Waals surface area contributed by atoms with E-state index < -0.39 is 5.54 Å². The van der Waals surface area contributed by atoms with E-state index in [1.807, 2.05) is 30.3 Å². The molecule has 1 fully saturated rings. The Morgan fingerprint density at radius 1 is 1.22 bits per heavy atom. The Balaban J connectivity index is 1.67. The molecule has 23 heavy (non-hydrogen) atoms. The SMILES string of the molecule is Cc1nc(C2(NC(=O)CCc3ccccc3)CCCCC2)no1. The van der Waals surface area contributed by atoms with E-state index in [-0.39, 0.29) is 5.91 Å². The van der Waals surface area contributed by atoms with Gasteiger partial charge in [-0.25, -0.2) is 0 Å². The standard InChI is InChI=1S/C18H23N3O2/c1-14-19-17(21-23-14)18(12-6-3-7-13-18)20-16(22)11-10-15-8-4-2-5-9-15/h2,4-5,8-9H,3,6-7,10-13H2,1H3,(H,20,22). The highest BCUT2D eigenvalue weighted by atomic mass is 16.5. The second-order valence-corrected chi connectivity index (χ2v) is 6.31. The fourth-order valence-corrected chi connectivity index (χ4v) is 3.29. The van der Waals surface area contributed by atoms with Crippen molar-refractivity contribution in [3.8, 4) is 0 Å². The molecular weight excluding hydrogens is 290 g/mol. The molecule has 1 aromatic heterocycles. The molecule has 1 heterocycles. The first kappa shape index (κ1) is 15.7. The highest BCUT2D eigenvalue weighted by molar-refractivity contribution is 5.77. The summed E-state index contributed by atoms with van der Waals surface area (Å²) in [7, 11) is 0. The summed E-state index contributed by atoms with van der Waals surface area (Å²) in [6.07, 6.45) is 6.32. The molecular formula is C18H23N3O2. The van der Waals surface area contributed by atoms with Gasteiger partial charge in [-0.05, 0) is 24.8 Å². The molecule has 0 aliphatic heterocycles. The lowest BCUT2D eigenvalue weighted by molar-refractivity contribution is -0.123. The van der Waals surface area contributed by atoms with E-state index >= 15 is 0 Å². The van der Waals surface area contributed by atoms with Crippen LogP contribution in [0.1, 0.15) is 55.8 Å². The van der Waals surface area contributed by atoms with Gasteiger partial charge in [0.2, 0.25) is 11.8 Å². The summed E-state index contributed by atoms with van der Waals surface area (Å²) in [6, 6.07) is 10.1. The van der Waals surface area contributed by atoms with Gasteiger partial charge in [-0.15, -0.1) is 0 Å². The van der Waals surface area contributed by atoms with Gasteiger partial charge in [0.1, 0.15) is 5.54 Å². The maximum absolute atomic E-state index is 12.5. The number of hydrogen-bond donors (Lipinski definition) is 1. The topological polar surface area (TPSA) is 68.0 Å². The van der Waals surface area contributed by atoms with E-state index in [0.717, 1.165) is 32.1 Å². The average Bonchev–Trinajstić information content (AvgIpc) is 3.02. The molecule has 1 amide bonds. The molecule has 0 saturated heterocycles. The van der Waals surface area contributed by atoms with Crippen LogP contribution in [-0.4, -0.2) is 16.0 Å². The van der Waals surface area contributed by atoms with Gasteiger partial charge in [-0.1, -0.05) is 54.8 Å². The first-order valence-electron chi connectivity index (χ1n) is 8.34. The fraction of sp³-hybridized carbons (Fsp3) is 0.500. The Morgan fingerprint density at radius 3 is 2.61 bits per heavy atom. The van der Waals surface area contributed by atoms with Crippen LogP contribution in [0.3, 0.4) is 0 Å². The first-order chi connectivity index (χ1) is 11.2. The van der Waals surface area contributed by atoms with E-state index in [1.165, 1.54) is 12.0 Å². The molecule has 0 radical (unpaired) electrons. The molecule has 1 N–H and O–H groups in total. The van der Waals surface area contributed by atoms with Crippen LogP contribution in [0.15, 0.2) is 34.9 Å². The number of benzene rings is 1. The summed E-state index contributed by atoms with van der Waals surface area (Å²) in [5.74, 6) is 1.23. The van der Waals surface area contributed by atoms with Crippen molar-refractivity contribution >= 4 is 5.91 Å². The second-order valence-electron chi connectivity index (χ2n) is 6.31. The van der Waals surface area contributed by atoms with E-state index in [0.29, 0.717) is 18.1 Å². The van der Waals surface area contributed by atoms with Gasteiger partial charge < -0.3 is 9.84 Å². The summed E-state index contributed by atoms with van der Waals surface area (Å²) < 4.78 is 5.14. The molecule has 5 nitrogen and oxygen atoms in total. The Labute approximate surface area is 136 Å². The third-order valence-electron chi connectivity index (χ3n) is 4.52. The Morgan fingerprint density at radius 2 is 1.96 bits per heavy atom. The number of nitrogens with zero attached hydrogens (tertiary/aromatic N) is 2. The number of carbonyl (C=O) groups is 1. The Hall–Kier alpha value is -2.17. The minimum absolute atomic E-state index is 0.0539. The third-order valence-corrected chi connectivity index (χ3v) is 4.52. The normalized spacial score (nSPS) is 16.9. The summed E-state index contributed by atoms with van der Waals surface area (Å²) >= 11 is 0. The van der Waals surface area contributed by atoms with Crippen molar-refractivity contribution in [2.75, 3.05) is 0 Å². The van der Waals surface area contributed by atoms with Gasteiger partial charge in [0.25, 0.3) is 0 Å². The highest BCUT2D eigenvalue weighted by Crippen LogP contribution is 2.35. The van der Waals surface area contributed by atoms with Crippen molar-refractivity contribution in [1.29, 1.82) is 0 Å². The number of rotatable bonds is 5. The number of hydrogen-bond acceptors (Lipinski definition) is 4. The molecule has 2 aromatic rings. The zero-order valence-electron chi connectivity index (χ0n) is 13.5. The van der Waals surface area contributed by atoms with Gasteiger partial charge in [-0.3, -0.25) is 4.79 Å². The van der Waals surface area contributed by atoms with Crippen molar-refractivity contribution in [2.24, 2.45) is 0 Å². The van der Waals surface area contributed by atoms with Gasteiger partial charge in [0.15, 0.2) is 5.82 Å². The molecule has 1 aromatic carbocycles. The minimum Gasteiger partial charge on any atom is -0.343 e. The van der Waals surface area contributed by atoms with Gasteiger partial charge in [0, 0.05) is 13.3 Å². The predicted octanol–water partition coefficient (Wildman–Crippen LogP) is 3.29. The summed E-state index contributed by atoms with van der Waals surface area (Å²) in [4.78, 5) is 16.9. The maximum Gasteiger partial charge on any atom is 0.223 e. The lowest BCUT2D eigenvalue weighted by Crippen LogP contribution is -2.48. The van der Waals surface area contributed by atoms with Gasteiger partial charge in [0.05, 0.1) is 0 Å². The van der Waals surface area contributed by atoms with Crippen molar-refractivity contribution in [3.63, 3.8) is 0 Å². The lowest BCUT2D eigenvalue weighted by Gasteiger charge is -2.35. The third kappa shape index (κ3) is 3.78. The molecule has 0 spiro atoms. The monoisotopic (exact) mass is 313 g/mol. The van der Waals surface area contributed by atoms with Crippen molar-refractivity contribution in [1.82, 2.24) is 15.5 Å². The molecule has 3 rings (SSSR count). The quantitative estimate of drug-likeness (QED) is 0.919. The summed E-state index contributed by atoms with van der Waals surface area (Å²) in [5.41, 5.74) is 0.722. The van der Waals surface area contributed by atoms with Gasteiger partial charge in [-0.2, -0.15) is 4.98 Å². The molecule has 0 bridgehead atoms. The second kappa shape index (κ2) is 6.94. The van der Waals surface area contributed by atoms with E-state index in [1.54, 1.807) is 6.92 Å². The molecule has 1 saturated carbocycles. The number of carbonyl (C=O) groups excluding carboxylic acids is 1. The minimum atomic E-state index is -0.455. The zero-order valence-corrected chi connectivity index (χ0v) is 13.5. The molecule has 0 unspecified atom stereocenters. The molecule has 5 heteroatoms. The Kier molecular flexibility index (Phi) is 4.74. The summed E-state index contributed by atoms with van der Waals surface area (Å²) in [6.45, 7) is 1.78. The highest BCUT2D eigenvalue weighted by Gasteiger charge is 2.39. The van der Waals surface area contributed by atoms with E-state index in [9.17, 15) is 4.79 Å². The number of nitrogens with one attached hydrogen (secondary N) is 1. The largest absolute Gasteiger partial charge is 0.343 e. The van der Waals surface area contributed by atoms with Crippen molar-refractivity contribution < 1.29 is 9.32 Å². The summed E-state index contributed by atoms with van der Waals surface area (Å²) in [5, 5.41) is 7.29. The van der Waals surface area contributed by atoms with Crippen LogP contribution in [-0.2, 0) is 16.8 Å². The van der Waals surface area contributed by atoms with Crippen LogP contribution < -0.4 is 5.32 Å². The van der Waals surface area contributed by atoms with E-state index in [4.69, 9.17) is 4.52 Å². The molecule has 0 atom stereocenters. The van der Waals surface area contributed by atoms with Crippen LogP contribution >= 0.6 is 0 Å². The number of aryl methyl sites for hydroxylation is 2. The van der Waals surface area contributed by atoms with Crippen LogP contribution in [0.2, 0.25) is 0 Å². The molecule has 122 valence electrons. The predicted molar refractivity (Wildman–Crippen MR) is 86.7 cm³/mol. The van der Waals surface area contributed by atoms with Crippen LogP contribution in [0.25, 0.3) is 0 Å². The molecule has 1 aliphatic rings. The maximum atomic E-state index is 12.5.